The molecule has 1 saturated heterocycles. The zero-order valence-electron chi connectivity index (χ0n) is 9.48. The Morgan fingerprint density at radius 1 is 1.40 bits per heavy atom. The van der Waals surface area contributed by atoms with Crippen molar-refractivity contribution in [3.8, 4) is 0 Å². The Balaban J connectivity index is 1.90. The van der Waals surface area contributed by atoms with Crippen LogP contribution < -0.4 is 0 Å². The van der Waals surface area contributed by atoms with E-state index < -0.39 is 0 Å². The molecule has 2 rings (SSSR count). The second-order valence-electron chi connectivity index (χ2n) is 5.12. The zero-order valence-corrected chi connectivity index (χ0v) is 9.48. The molecule has 86 valence electrons. The summed E-state index contributed by atoms with van der Waals surface area (Å²) in [7, 11) is 0. The van der Waals surface area contributed by atoms with Crippen LogP contribution >= 0.6 is 0 Å². The highest BCUT2D eigenvalue weighted by molar-refractivity contribution is 5.79. The molecule has 1 N–H and O–H groups in total. The average Bonchev–Trinajstić information content (AvgIpc) is 2.22. The maximum atomic E-state index is 11.4. The van der Waals surface area contributed by atoms with Gasteiger partial charge in [0.1, 0.15) is 5.78 Å². The summed E-state index contributed by atoms with van der Waals surface area (Å²) in [5.74, 6) is 0.819. The van der Waals surface area contributed by atoms with Crippen molar-refractivity contribution >= 4 is 5.78 Å². The maximum absolute atomic E-state index is 11.4. The zero-order chi connectivity index (χ0) is 10.8. The maximum Gasteiger partial charge on any atom is 0.134 e. The normalized spacial score (nSPS) is 39.3. The van der Waals surface area contributed by atoms with Crippen LogP contribution in [0.1, 0.15) is 39.0 Å². The Labute approximate surface area is 91.5 Å². The summed E-state index contributed by atoms with van der Waals surface area (Å²) in [6.45, 7) is 3.92. The number of likely N-dealkylation sites (tertiary alicyclic amines) is 1. The highest BCUT2D eigenvalue weighted by Crippen LogP contribution is 2.25. The standard InChI is InChI=1S/C12H21NO2/c1-9-5-6-13(8-12(9)15)10-3-2-4-11(14)7-10/h9-10,12,15H,2-8H2,1H3. The first kappa shape index (κ1) is 11.1. The number of aliphatic hydroxyl groups excluding tert-OH is 1. The Bertz CT molecular complexity index is 242. The number of piperidine rings is 1. The molecule has 0 amide bonds. The van der Waals surface area contributed by atoms with E-state index in [0.29, 0.717) is 24.2 Å². The van der Waals surface area contributed by atoms with Gasteiger partial charge >= 0.3 is 0 Å². The van der Waals surface area contributed by atoms with Crippen LogP contribution in [0.2, 0.25) is 0 Å². The van der Waals surface area contributed by atoms with Crippen molar-refractivity contribution < 1.29 is 9.90 Å². The summed E-state index contributed by atoms with van der Waals surface area (Å²) >= 11 is 0. The minimum atomic E-state index is -0.198. The number of hydrogen-bond donors (Lipinski definition) is 1. The van der Waals surface area contributed by atoms with Crippen LogP contribution in [0, 0.1) is 5.92 Å². The van der Waals surface area contributed by atoms with Crippen molar-refractivity contribution in [2.75, 3.05) is 13.1 Å². The first-order valence-corrected chi connectivity index (χ1v) is 6.10. The van der Waals surface area contributed by atoms with Crippen LogP contribution in [0.25, 0.3) is 0 Å². The molecule has 0 aromatic carbocycles. The number of hydrogen-bond acceptors (Lipinski definition) is 3. The van der Waals surface area contributed by atoms with Crippen LogP contribution in [0.4, 0.5) is 0 Å². The van der Waals surface area contributed by atoms with Gasteiger partial charge in [0.05, 0.1) is 6.10 Å². The third-order valence-corrected chi connectivity index (χ3v) is 3.92. The smallest absolute Gasteiger partial charge is 0.134 e. The van der Waals surface area contributed by atoms with Crippen molar-refractivity contribution in [1.82, 2.24) is 4.90 Å². The Morgan fingerprint density at radius 3 is 2.87 bits per heavy atom. The molecule has 0 aromatic rings. The summed E-state index contributed by atoms with van der Waals surface area (Å²) in [5, 5.41) is 9.82. The fourth-order valence-corrected chi connectivity index (χ4v) is 2.72. The average molecular weight is 211 g/mol. The van der Waals surface area contributed by atoms with Crippen LogP contribution in [0.5, 0.6) is 0 Å². The topological polar surface area (TPSA) is 40.5 Å². The molecule has 2 aliphatic rings. The van der Waals surface area contributed by atoms with E-state index in [1.54, 1.807) is 0 Å². The molecular weight excluding hydrogens is 190 g/mol. The SMILES string of the molecule is CC1CCN(C2CCCC(=O)C2)CC1O. The van der Waals surface area contributed by atoms with Gasteiger partial charge in [-0.2, -0.15) is 0 Å². The van der Waals surface area contributed by atoms with Gasteiger partial charge in [0.2, 0.25) is 0 Å². The lowest BCUT2D eigenvalue weighted by molar-refractivity contribution is -0.122. The minimum Gasteiger partial charge on any atom is -0.392 e. The van der Waals surface area contributed by atoms with Crippen molar-refractivity contribution in [1.29, 1.82) is 0 Å². The quantitative estimate of drug-likeness (QED) is 0.708. The van der Waals surface area contributed by atoms with Crippen LogP contribution in [0.15, 0.2) is 0 Å². The lowest BCUT2D eigenvalue weighted by atomic mass is 9.89. The molecule has 3 heteroatoms. The number of β-amino-alcohol motifs (C(OH)–C–C–N with tert-alkyl or cyclic N) is 1. The van der Waals surface area contributed by atoms with E-state index in [-0.39, 0.29) is 6.10 Å². The molecule has 0 aromatic heterocycles. The van der Waals surface area contributed by atoms with Crippen molar-refractivity contribution in [3.05, 3.63) is 0 Å². The number of rotatable bonds is 1. The minimum absolute atomic E-state index is 0.198. The predicted molar refractivity (Wildman–Crippen MR) is 58.6 cm³/mol. The van der Waals surface area contributed by atoms with E-state index in [9.17, 15) is 9.90 Å². The van der Waals surface area contributed by atoms with Gasteiger partial charge in [0.25, 0.3) is 0 Å². The number of carbonyl (C=O) groups excluding carboxylic acids is 1. The van der Waals surface area contributed by atoms with Gasteiger partial charge in [-0.1, -0.05) is 6.92 Å². The molecule has 3 atom stereocenters. The fraction of sp³-hybridized carbons (Fsp3) is 0.917. The lowest BCUT2D eigenvalue weighted by Gasteiger charge is -2.40. The van der Waals surface area contributed by atoms with E-state index in [4.69, 9.17) is 0 Å². The van der Waals surface area contributed by atoms with Gasteiger partial charge in [0.15, 0.2) is 0 Å². The monoisotopic (exact) mass is 211 g/mol. The van der Waals surface area contributed by atoms with E-state index in [2.05, 4.69) is 11.8 Å². The van der Waals surface area contributed by atoms with E-state index in [1.807, 2.05) is 0 Å². The molecule has 3 unspecified atom stereocenters. The third-order valence-electron chi connectivity index (χ3n) is 3.92. The van der Waals surface area contributed by atoms with Crippen molar-refractivity contribution in [2.24, 2.45) is 5.92 Å². The van der Waals surface area contributed by atoms with Gasteiger partial charge < -0.3 is 5.11 Å². The fourth-order valence-electron chi connectivity index (χ4n) is 2.72. The molecule has 0 radical (unpaired) electrons. The third kappa shape index (κ3) is 2.58. The Hall–Kier alpha value is -0.410. The molecule has 1 heterocycles. The van der Waals surface area contributed by atoms with Crippen LogP contribution in [0.3, 0.4) is 0 Å². The van der Waals surface area contributed by atoms with E-state index in [0.717, 1.165) is 38.8 Å². The number of ketones is 1. The molecule has 3 nitrogen and oxygen atoms in total. The Kier molecular flexibility index (Phi) is 3.42. The summed E-state index contributed by atoms with van der Waals surface area (Å²) in [5.41, 5.74) is 0. The van der Waals surface area contributed by atoms with Crippen LogP contribution in [-0.4, -0.2) is 41.0 Å². The van der Waals surface area contributed by atoms with Crippen LogP contribution in [-0.2, 0) is 4.79 Å². The number of nitrogens with zero attached hydrogens (tertiary/aromatic N) is 1. The van der Waals surface area contributed by atoms with Gasteiger partial charge in [-0.05, 0) is 31.7 Å². The van der Waals surface area contributed by atoms with Gasteiger partial charge in [-0.15, -0.1) is 0 Å². The van der Waals surface area contributed by atoms with Crippen molar-refractivity contribution in [3.63, 3.8) is 0 Å². The lowest BCUT2D eigenvalue weighted by Crippen LogP contribution is -2.49. The van der Waals surface area contributed by atoms with E-state index in [1.165, 1.54) is 0 Å². The molecule has 0 spiro atoms. The summed E-state index contributed by atoms with van der Waals surface area (Å²) in [4.78, 5) is 13.7. The summed E-state index contributed by atoms with van der Waals surface area (Å²) in [6, 6.07) is 0.411. The molecule has 2 fully saturated rings. The second kappa shape index (κ2) is 4.62. The second-order valence-corrected chi connectivity index (χ2v) is 5.12. The van der Waals surface area contributed by atoms with Gasteiger partial charge in [-0.25, -0.2) is 0 Å². The predicted octanol–water partition coefficient (Wildman–Crippen LogP) is 1.20. The summed E-state index contributed by atoms with van der Waals surface area (Å²) < 4.78 is 0. The first-order valence-electron chi connectivity index (χ1n) is 6.10. The van der Waals surface area contributed by atoms with Gasteiger partial charge in [-0.3, -0.25) is 9.69 Å². The molecular formula is C12H21NO2. The molecule has 1 aliphatic heterocycles. The molecule has 1 saturated carbocycles. The number of Topliss-reactive ketones (excluding diaryl/α,β-unsaturated/α-hetero) is 1. The van der Waals surface area contributed by atoms with Crippen molar-refractivity contribution in [2.45, 2.75) is 51.2 Å². The molecule has 1 aliphatic carbocycles. The highest BCUT2D eigenvalue weighted by atomic mass is 16.3. The molecule has 0 bridgehead atoms. The molecule has 15 heavy (non-hydrogen) atoms. The van der Waals surface area contributed by atoms with Gasteiger partial charge in [0, 0.05) is 25.4 Å². The summed E-state index contributed by atoms with van der Waals surface area (Å²) in [6.07, 6.45) is 4.50. The number of aliphatic hydroxyl groups is 1. The Morgan fingerprint density at radius 2 is 2.20 bits per heavy atom. The highest BCUT2D eigenvalue weighted by Gasteiger charge is 2.31. The van der Waals surface area contributed by atoms with E-state index >= 15 is 0 Å². The largest absolute Gasteiger partial charge is 0.392 e. The first-order chi connectivity index (χ1) is 7.16. The number of carbonyl (C=O) groups is 1.